The lowest BCUT2D eigenvalue weighted by Gasteiger charge is -2.37. The van der Waals surface area contributed by atoms with Crippen molar-refractivity contribution in [2.45, 2.75) is 31.7 Å². The van der Waals surface area contributed by atoms with Crippen LogP contribution in [-0.4, -0.2) is 6.04 Å². The van der Waals surface area contributed by atoms with E-state index in [1.54, 1.807) is 0 Å². The predicted octanol–water partition coefficient (Wildman–Crippen LogP) is 5.01. The van der Waals surface area contributed by atoms with Crippen LogP contribution in [0.4, 0.5) is 5.69 Å². The van der Waals surface area contributed by atoms with Crippen LogP contribution in [0.2, 0.25) is 5.02 Å². The Morgan fingerprint density at radius 1 is 1.05 bits per heavy atom. The fourth-order valence-electron chi connectivity index (χ4n) is 2.73. The van der Waals surface area contributed by atoms with Gasteiger partial charge in [0.1, 0.15) is 0 Å². The van der Waals surface area contributed by atoms with Crippen LogP contribution in [0.5, 0.6) is 0 Å². The van der Waals surface area contributed by atoms with E-state index in [0.717, 1.165) is 10.7 Å². The molecule has 0 spiro atoms. The summed E-state index contributed by atoms with van der Waals surface area (Å²) in [5.41, 5.74) is 3.87. The first-order valence-corrected chi connectivity index (χ1v) is 7.18. The van der Waals surface area contributed by atoms with Crippen molar-refractivity contribution in [3.8, 4) is 0 Å². The molecule has 1 nitrogen and oxygen atoms in total. The summed E-state index contributed by atoms with van der Waals surface area (Å²) in [6.45, 7) is 2.15. The number of hydrogen-bond donors (Lipinski definition) is 1. The maximum absolute atomic E-state index is 6.16. The Bertz CT molecular complexity index is 573. The van der Waals surface area contributed by atoms with Crippen LogP contribution in [0.1, 0.15) is 29.9 Å². The highest BCUT2D eigenvalue weighted by Crippen LogP contribution is 2.39. The van der Waals surface area contributed by atoms with Crippen LogP contribution in [0, 0.1) is 6.92 Å². The zero-order chi connectivity index (χ0) is 13.2. The number of halogens is 1. The van der Waals surface area contributed by atoms with Gasteiger partial charge in [-0.2, -0.15) is 0 Å². The number of benzene rings is 2. The molecule has 3 rings (SSSR count). The first-order chi connectivity index (χ1) is 9.22. The van der Waals surface area contributed by atoms with Gasteiger partial charge in [-0.1, -0.05) is 53.6 Å². The van der Waals surface area contributed by atoms with Crippen molar-refractivity contribution in [1.29, 1.82) is 0 Å². The Hall–Kier alpha value is -1.47. The number of rotatable bonds is 3. The molecule has 0 bridgehead atoms. The second kappa shape index (κ2) is 5.26. The lowest BCUT2D eigenvalue weighted by molar-refractivity contribution is 0.374. The molecule has 0 unspecified atom stereocenters. The highest BCUT2D eigenvalue weighted by atomic mass is 35.5. The molecule has 2 aromatic carbocycles. The second-order valence-electron chi connectivity index (χ2n) is 5.40. The third-order valence-corrected chi connectivity index (χ3v) is 4.21. The summed E-state index contributed by atoms with van der Waals surface area (Å²) in [6.07, 6.45) is 2.38. The SMILES string of the molecule is Cc1cccc(C2CC(Nc3ccccc3Cl)C2)c1. The molecule has 0 saturated heterocycles. The van der Waals surface area contributed by atoms with Gasteiger partial charge in [-0.3, -0.25) is 0 Å². The van der Waals surface area contributed by atoms with E-state index < -0.39 is 0 Å². The molecule has 19 heavy (non-hydrogen) atoms. The highest BCUT2D eigenvalue weighted by Gasteiger charge is 2.30. The molecular formula is C17H18ClN. The summed E-state index contributed by atoms with van der Waals surface area (Å²) in [7, 11) is 0. The molecule has 2 aromatic rings. The Balaban J connectivity index is 1.60. The van der Waals surface area contributed by atoms with Crippen LogP contribution < -0.4 is 5.32 Å². The minimum Gasteiger partial charge on any atom is -0.381 e. The molecule has 0 aliphatic heterocycles. The van der Waals surface area contributed by atoms with Gasteiger partial charge in [0.05, 0.1) is 10.7 Å². The van der Waals surface area contributed by atoms with E-state index in [-0.39, 0.29) is 0 Å². The quantitative estimate of drug-likeness (QED) is 0.828. The molecule has 1 fully saturated rings. The van der Waals surface area contributed by atoms with Gasteiger partial charge in [-0.15, -0.1) is 0 Å². The van der Waals surface area contributed by atoms with E-state index in [9.17, 15) is 0 Å². The lowest BCUT2D eigenvalue weighted by Crippen LogP contribution is -2.34. The summed E-state index contributed by atoms with van der Waals surface area (Å²) in [5, 5.41) is 4.34. The van der Waals surface area contributed by atoms with Crippen molar-refractivity contribution >= 4 is 17.3 Å². The monoisotopic (exact) mass is 271 g/mol. The molecule has 0 heterocycles. The van der Waals surface area contributed by atoms with Gasteiger partial charge in [0, 0.05) is 6.04 Å². The molecule has 0 radical (unpaired) electrons. The molecule has 0 aromatic heterocycles. The van der Waals surface area contributed by atoms with Gasteiger partial charge in [0.25, 0.3) is 0 Å². The average molecular weight is 272 g/mol. The fourth-order valence-corrected chi connectivity index (χ4v) is 2.92. The Labute approximate surface area is 119 Å². The summed E-state index contributed by atoms with van der Waals surface area (Å²) in [4.78, 5) is 0. The second-order valence-corrected chi connectivity index (χ2v) is 5.81. The molecule has 0 atom stereocenters. The summed E-state index contributed by atoms with van der Waals surface area (Å²) in [6, 6.07) is 17.4. The summed E-state index contributed by atoms with van der Waals surface area (Å²) < 4.78 is 0. The van der Waals surface area contributed by atoms with Gasteiger partial charge in [-0.05, 0) is 43.4 Å². The molecule has 98 valence electrons. The normalized spacial score (nSPS) is 21.8. The maximum Gasteiger partial charge on any atom is 0.0637 e. The van der Waals surface area contributed by atoms with Gasteiger partial charge in [-0.25, -0.2) is 0 Å². The number of nitrogens with one attached hydrogen (secondary N) is 1. The van der Waals surface area contributed by atoms with E-state index in [2.05, 4.69) is 36.5 Å². The van der Waals surface area contributed by atoms with E-state index in [1.807, 2.05) is 24.3 Å². The molecule has 1 saturated carbocycles. The molecule has 0 amide bonds. The van der Waals surface area contributed by atoms with Crippen LogP contribution in [-0.2, 0) is 0 Å². The molecular weight excluding hydrogens is 254 g/mol. The zero-order valence-electron chi connectivity index (χ0n) is 11.1. The van der Waals surface area contributed by atoms with Crippen molar-refractivity contribution in [1.82, 2.24) is 0 Å². The van der Waals surface area contributed by atoms with Crippen molar-refractivity contribution in [2.24, 2.45) is 0 Å². The maximum atomic E-state index is 6.16. The van der Waals surface area contributed by atoms with E-state index in [1.165, 1.54) is 24.0 Å². The predicted molar refractivity (Wildman–Crippen MR) is 82.0 cm³/mol. The number of hydrogen-bond acceptors (Lipinski definition) is 1. The van der Waals surface area contributed by atoms with Gasteiger partial charge < -0.3 is 5.32 Å². The van der Waals surface area contributed by atoms with Crippen LogP contribution in [0.3, 0.4) is 0 Å². The van der Waals surface area contributed by atoms with E-state index >= 15 is 0 Å². The molecule has 1 aliphatic carbocycles. The summed E-state index contributed by atoms with van der Waals surface area (Å²) in [5.74, 6) is 0.694. The number of aryl methyl sites for hydroxylation is 1. The number of anilines is 1. The van der Waals surface area contributed by atoms with Crippen LogP contribution in [0.15, 0.2) is 48.5 Å². The third-order valence-electron chi connectivity index (χ3n) is 3.89. The molecule has 1 aliphatic rings. The van der Waals surface area contributed by atoms with Crippen molar-refractivity contribution < 1.29 is 0 Å². The first kappa shape index (κ1) is 12.6. The standard InChI is InChI=1S/C17H18ClN/c1-12-5-4-6-13(9-12)14-10-15(11-14)19-17-8-3-2-7-16(17)18/h2-9,14-15,19H,10-11H2,1H3. The average Bonchev–Trinajstić information content (AvgIpc) is 2.35. The Morgan fingerprint density at radius 2 is 1.84 bits per heavy atom. The topological polar surface area (TPSA) is 12.0 Å². The van der Waals surface area contributed by atoms with Crippen molar-refractivity contribution in [3.05, 3.63) is 64.7 Å². The van der Waals surface area contributed by atoms with Crippen molar-refractivity contribution in [2.75, 3.05) is 5.32 Å². The Morgan fingerprint density at radius 3 is 2.58 bits per heavy atom. The highest BCUT2D eigenvalue weighted by molar-refractivity contribution is 6.33. The Kier molecular flexibility index (Phi) is 3.48. The molecule has 1 N–H and O–H groups in total. The first-order valence-electron chi connectivity index (χ1n) is 6.80. The molecule has 2 heteroatoms. The minimum atomic E-state index is 0.547. The smallest absolute Gasteiger partial charge is 0.0637 e. The van der Waals surface area contributed by atoms with E-state index in [4.69, 9.17) is 11.6 Å². The zero-order valence-corrected chi connectivity index (χ0v) is 11.8. The van der Waals surface area contributed by atoms with Gasteiger partial charge in [0.2, 0.25) is 0 Å². The van der Waals surface area contributed by atoms with Gasteiger partial charge >= 0.3 is 0 Å². The number of para-hydroxylation sites is 1. The van der Waals surface area contributed by atoms with Crippen molar-refractivity contribution in [3.63, 3.8) is 0 Å². The third kappa shape index (κ3) is 2.76. The minimum absolute atomic E-state index is 0.547. The van der Waals surface area contributed by atoms with E-state index in [0.29, 0.717) is 12.0 Å². The van der Waals surface area contributed by atoms with Crippen LogP contribution in [0.25, 0.3) is 0 Å². The largest absolute Gasteiger partial charge is 0.381 e. The van der Waals surface area contributed by atoms with Gasteiger partial charge in [0.15, 0.2) is 0 Å². The summed E-state index contributed by atoms with van der Waals surface area (Å²) >= 11 is 6.16. The lowest BCUT2D eigenvalue weighted by atomic mass is 9.75. The fraction of sp³-hybridized carbons (Fsp3) is 0.294. The van der Waals surface area contributed by atoms with Crippen LogP contribution >= 0.6 is 11.6 Å².